The number of nitrogens with zero attached hydrogens (tertiary/aromatic N) is 3. The van der Waals surface area contributed by atoms with E-state index in [1.807, 2.05) is 49.4 Å². The van der Waals surface area contributed by atoms with Crippen LogP contribution in [-0.4, -0.2) is 45.9 Å². The summed E-state index contributed by atoms with van der Waals surface area (Å²) < 4.78 is 0. The molecule has 1 fully saturated rings. The van der Waals surface area contributed by atoms with Gasteiger partial charge in [-0.25, -0.2) is 4.79 Å². The predicted molar refractivity (Wildman–Crippen MR) is 95.9 cm³/mol. The zero-order chi connectivity index (χ0) is 17.6. The highest BCUT2D eigenvalue weighted by Gasteiger charge is 2.36. The van der Waals surface area contributed by atoms with E-state index in [1.165, 1.54) is 0 Å². The molecular formula is C19H22N4O2. The first-order chi connectivity index (χ1) is 12.2. The van der Waals surface area contributed by atoms with Gasteiger partial charge < -0.3 is 15.1 Å². The largest absolute Gasteiger partial charge is 0.338 e. The normalized spacial score (nSPS) is 13.9. The number of likely N-dealkylation sites (tertiary alicyclic amines) is 1. The van der Waals surface area contributed by atoms with Crippen LogP contribution in [0.1, 0.15) is 18.9 Å². The van der Waals surface area contributed by atoms with Gasteiger partial charge in [0.1, 0.15) is 0 Å². The Bertz CT molecular complexity index is 715. The third kappa shape index (κ3) is 4.15. The lowest BCUT2D eigenvalue weighted by atomic mass is 10.1. The molecule has 6 nitrogen and oxygen atoms in total. The van der Waals surface area contributed by atoms with Gasteiger partial charge in [0.25, 0.3) is 0 Å². The van der Waals surface area contributed by atoms with E-state index in [1.54, 1.807) is 22.2 Å². The highest BCUT2D eigenvalue weighted by molar-refractivity contribution is 5.89. The second-order valence-electron chi connectivity index (χ2n) is 6.09. The number of benzene rings is 1. The van der Waals surface area contributed by atoms with Crippen LogP contribution < -0.4 is 5.32 Å². The van der Waals surface area contributed by atoms with Crippen molar-refractivity contribution in [3.8, 4) is 0 Å². The van der Waals surface area contributed by atoms with E-state index < -0.39 is 0 Å². The molecule has 0 bridgehead atoms. The summed E-state index contributed by atoms with van der Waals surface area (Å²) in [4.78, 5) is 32.3. The van der Waals surface area contributed by atoms with Crippen molar-refractivity contribution in [3.05, 3.63) is 60.4 Å². The molecular weight excluding hydrogens is 316 g/mol. The van der Waals surface area contributed by atoms with Gasteiger partial charge in [-0.3, -0.25) is 9.78 Å². The SMILES string of the molecule is CCC(=O)N1CC(N(Cc2cccnc2)C(=O)Nc2ccccc2)C1. The van der Waals surface area contributed by atoms with Crippen molar-refractivity contribution in [2.45, 2.75) is 25.9 Å². The number of anilines is 1. The molecule has 25 heavy (non-hydrogen) atoms. The zero-order valence-electron chi connectivity index (χ0n) is 14.3. The maximum Gasteiger partial charge on any atom is 0.322 e. The molecule has 2 heterocycles. The van der Waals surface area contributed by atoms with Crippen molar-refractivity contribution in [1.29, 1.82) is 0 Å². The number of hydrogen-bond acceptors (Lipinski definition) is 3. The van der Waals surface area contributed by atoms with Crippen molar-refractivity contribution in [3.63, 3.8) is 0 Å². The van der Waals surface area contributed by atoms with Gasteiger partial charge in [0, 0.05) is 44.1 Å². The second kappa shape index (κ2) is 7.79. The monoisotopic (exact) mass is 338 g/mol. The quantitative estimate of drug-likeness (QED) is 0.911. The number of pyridine rings is 1. The third-order valence-corrected chi connectivity index (χ3v) is 4.32. The summed E-state index contributed by atoms with van der Waals surface area (Å²) in [6, 6.07) is 13.0. The lowest BCUT2D eigenvalue weighted by Crippen LogP contribution is -2.62. The summed E-state index contributed by atoms with van der Waals surface area (Å²) in [7, 11) is 0. The number of urea groups is 1. The molecule has 3 rings (SSSR count). The minimum absolute atomic E-state index is 0.0134. The summed E-state index contributed by atoms with van der Waals surface area (Å²) in [5.74, 6) is 0.126. The number of carbonyl (C=O) groups is 2. The molecule has 2 aromatic rings. The van der Waals surface area contributed by atoms with Crippen LogP contribution in [0, 0.1) is 0 Å². The number of amides is 3. The van der Waals surface area contributed by atoms with Crippen LogP contribution >= 0.6 is 0 Å². The lowest BCUT2D eigenvalue weighted by molar-refractivity contribution is -0.137. The summed E-state index contributed by atoms with van der Waals surface area (Å²) in [6.07, 6.45) is 3.96. The summed E-state index contributed by atoms with van der Waals surface area (Å²) in [5, 5.41) is 2.93. The third-order valence-electron chi connectivity index (χ3n) is 4.32. The molecule has 0 atom stereocenters. The van der Waals surface area contributed by atoms with Crippen LogP contribution in [0.3, 0.4) is 0 Å². The van der Waals surface area contributed by atoms with E-state index in [2.05, 4.69) is 10.3 Å². The van der Waals surface area contributed by atoms with Crippen molar-refractivity contribution < 1.29 is 9.59 Å². The molecule has 1 aromatic carbocycles. The van der Waals surface area contributed by atoms with Crippen LogP contribution in [0.5, 0.6) is 0 Å². The average molecular weight is 338 g/mol. The van der Waals surface area contributed by atoms with Gasteiger partial charge in [-0.1, -0.05) is 31.2 Å². The topological polar surface area (TPSA) is 65.5 Å². The van der Waals surface area contributed by atoms with Gasteiger partial charge in [0.15, 0.2) is 0 Å². The molecule has 0 spiro atoms. The molecule has 0 unspecified atom stereocenters. The first kappa shape index (κ1) is 17.0. The fraction of sp³-hybridized carbons (Fsp3) is 0.316. The molecule has 3 amide bonds. The lowest BCUT2D eigenvalue weighted by Gasteiger charge is -2.45. The standard InChI is InChI=1S/C19H22N4O2/c1-2-18(24)22-13-17(14-22)23(12-15-7-6-10-20-11-15)19(25)21-16-8-4-3-5-9-16/h3-11,17H,2,12-14H2,1H3,(H,21,25). The Kier molecular flexibility index (Phi) is 5.28. The summed E-state index contributed by atoms with van der Waals surface area (Å²) in [5.41, 5.74) is 1.72. The molecule has 1 N–H and O–H groups in total. The fourth-order valence-corrected chi connectivity index (χ4v) is 2.85. The molecule has 0 radical (unpaired) electrons. The van der Waals surface area contributed by atoms with E-state index in [-0.39, 0.29) is 18.0 Å². The Labute approximate surface area is 147 Å². The van der Waals surface area contributed by atoms with Crippen LogP contribution in [0.4, 0.5) is 10.5 Å². The molecule has 0 aliphatic carbocycles. The first-order valence-corrected chi connectivity index (χ1v) is 8.46. The molecule has 1 aliphatic heterocycles. The average Bonchev–Trinajstić information content (AvgIpc) is 2.61. The molecule has 1 aromatic heterocycles. The first-order valence-electron chi connectivity index (χ1n) is 8.46. The van der Waals surface area contributed by atoms with Gasteiger partial charge in [-0.05, 0) is 23.8 Å². The Morgan fingerprint density at radius 2 is 1.96 bits per heavy atom. The van der Waals surface area contributed by atoms with Gasteiger partial charge in [0.05, 0.1) is 6.04 Å². The predicted octanol–water partition coefficient (Wildman–Crippen LogP) is 2.74. The van der Waals surface area contributed by atoms with E-state index in [0.717, 1.165) is 11.3 Å². The number of hydrogen-bond donors (Lipinski definition) is 1. The van der Waals surface area contributed by atoms with Crippen LogP contribution in [0.2, 0.25) is 0 Å². The van der Waals surface area contributed by atoms with Gasteiger partial charge in [-0.15, -0.1) is 0 Å². The molecule has 1 saturated heterocycles. The number of para-hydroxylation sites is 1. The number of nitrogens with one attached hydrogen (secondary N) is 1. The molecule has 6 heteroatoms. The van der Waals surface area contributed by atoms with Gasteiger partial charge in [-0.2, -0.15) is 0 Å². The Morgan fingerprint density at radius 3 is 2.60 bits per heavy atom. The van der Waals surface area contributed by atoms with Gasteiger partial charge >= 0.3 is 6.03 Å². The number of carbonyl (C=O) groups excluding carboxylic acids is 2. The molecule has 0 saturated carbocycles. The second-order valence-corrected chi connectivity index (χ2v) is 6.09. The van der Waals surface area contributed by atoms with Crippen LogP contribution in [0.25, 0.3) is 0 Å². The van der Waals surface area contributed by atoms with Crippen molar-refractivity contribution >= 4 is 17.6 Å². The highest BCUT2D eigenvalue weighted by atomic mass is 16.2. The summed E-state index contributed by atoms with van der Waals surface area (Å²) >= 11 is 0. The smallest absolute Gasteiger partial charge is 0.322 e. The Balaban J connectivity index is 1.70. The van der Waals surface area contributed by atoms with Crippen molar-refractivity contribution in [2.75, 3.05) is 18.4 Å². The molecule has 130 valence electrons. The van der Waals surface area contributed by atoms with Crippen molar-refractivity contribution in [2.24, 2.45) is 0 Å². The highest BCUT2D eigenvalue weighted by Crippen LogP contribution is 2.20. The maximum absolute atomic E-state index is 12.8. The van der Waals surface area contributed by atoms with E-state index in [0.29, 0.717) is 26.1 Å². The Hall–Kier alpha value is -2.89. The summed E-state index contributed by atoms with van der Waals surface area (Å²) in [6.45, 7) is 3.47. The van der Waals surface area contributed by atoms with Crippen LogP contribution in [-0.2, 0) is 11.3 Å². The van der Waals surface area contributed by atoms with E-state index in [9.17, 15) is 9.59 Å². The van der Waals surface area contributed by atoms with Crippen molar-refractivity contribution in [1.82, 2.24) is 14.8 Å². The zero-order valence-corrected chi connectivity index (χ0v) is 14.3. The fourth-order valence-electron chi connectivity index (χ4n) is 2.85. The number of aromatic nitrogens is 1. The Morgan fingerprint density at radius 1 is 1.20 bits per heavy atom. The molecule has 1 aliphatic rings. The minimum Gasteiger partial charge on any atom is -0.338 e. The number of rotatable bonds is 5. The van der Waals surface area contributed by atoms with Crippen LogP contribution in [0.15, 0.2) is 54.9 Å². The van der Waals surface area contributed by atoms with Gasteiger partial charge in [0.2, 0.25) is 5.91 Å². The maximum atomic E-state index is 12.8. The van der Waals surface area contributed by atoms with E-state index >= 15 is 0 Å². The van der Waals surface area contributed by atoms with E-state index in [4.69, 9.17) is 0 Å². The minimum atomic E-state index is -0.163.